The van der Waals surface area contributed by atoms with Crippen molar-refractivity contribution in [2.45, 2.75) is 43.9 Å². The van der Waals surface area contributed by atoms with Gasteiger partial charge in [-0.3, -0.25) is 0 Å². The molecule has 2 unspecified atom stereocenters. The third-order valence-corrected chi connectivity index (χ3v) is 4.29. The van der Waals surface area contributed by atoms with Crippen LogP contribution in [0.3, 0.4) is 0 Å². The number of para-hydroxylation sites is 1. The van der Waals surface area contributed by atoms with Crippen molar-refractivity contribution < 1.29 is 5.11 Å². The van der Waals surface area contributed by atoms with Gasteiger partial charge in [0.2, 0.25) is 0 Å². The van der Waals surface area contributed by atoms with Crippen molar-refractivity contribution >= 4 is 23.0 Å². The lowest BCUT2D eigenvalue weighted by atomic mass is 9.98. The Bertz CT molecular complexity index is 403. The number of benzene rings is 1. The second kappa shape index (κ2) is 4.07. The normalized spacial score (nSPS) is 31.9. The molecular weight excluding hydrogens is 236 g/mol. The SMILES string of the molecule is Nc1cccc(Cl)c1N1C2CCC1CC(O)C2. The van der Waals surface area contributed by atoms with Crippen LogP contribution in [0.1, 0.15) is 25.7 Å². The molecule has 0 spiro atoms. The van der Waals surface area contributed by atoms with Crippen molar-refractivity contribution in [3.8, 4) is 0 Å². The number of nitrogen functional groups attached to an aromatic ring is 1. The molecule has 1 aromatic rings. The highest BCUT2D eigenvalue weighted by Gasteiger charge is 2.41. The Balaban J connectivity index is 2.00. The zero-order valence-corrected chi connectivity index (χ0v) is 10.4. The molecule has 0 aromatic heterocycles. The van der Waals surface area contributed by atoms with Gasteiger partial charge < -0.3 is 15.7 Å². The first-order valence-corrected chi connectivity index (χ1v) is 6.55. The minimum atomic E-state index is -0.160. The minimum absolute atomic E-state index is 0.160. The number of nitrogens with two attached hydrogens (primary N) is 1. The van der Waals surface area contributed by atoms with Crippen LogP contribution in [0.4, 0.5) is 11.4 Å². The van der Waals surface area contributed by atoms with Gasteiger partial charge in [-0.2, -0.15) is 0 Å². The summed E-state index contributed by atoms with van der Waals surface area (Å²) in [5, 5.41) is 10.5. The summed E-state index contributed by atoms with van der Waals surface area (Å²) >= 11 is 6.27. The van der Waals surface area contributed by atoms with E-state index in [0.717, 1.165) is 42.1 Å². The lowest BCUT2D eigenvalue weighted by Crippen LogP contribution is -2.45. The van der Waals surface area contributed by atoms with Crippen LogP contribution >= 0.6 is 11.6 Å². The molecule has 2 fully saturated rings. The molecule has 2 aliphatic heterocycles. The Kier molecular flexibility index (Phi) is 2.68. The highest BCUT2D eigenvalue weighted by atomic mass is 35.5. The second-order valence-electron chi connectivity index (χ2n) is 5.10. The minimum Gasteiger partial charge on any atom is -0.397 e. The number of hydrogen-bond donors (Lipinski definition) is 2. The van der Waals surface area contributed by atoms with Crippen molar-refractivity contribution in [2.24, 2.45) is 0 Å². The number of fused-ring (bicyclic) bond motifs is 2. The summed E-state index contributed by atoms with van der Waals surface area (Å²) in [7, 11) is 0. The van der Waals surface area contributed by atoms with Crippen LogP contribution < -0.4 is 10.6 Å². The topological polar surface area (TPSA) is 49.5 Å². The summed E-state index contributed by atoms with van der Waals surface area (Å²) in [6.07, 6.45) is 3.77. The number of halogens is 1. The van der Waals surface area contributed by atoms with Gasteiger partial charge in [0.15, 0.2) is 0 Å². The monoisotopic (exact) mass is 252 g/mol. The van der Waals surface area contributed by atoms with Gasteiger partial charge in [-0.25, -0.2) is 0 Å². The van der Waals surface area contributed by atoms with E-state index in [0.29, 0.717) is 12.1 Å². The van der Waals surface area contributed by atoms with Crippen molar-refractivity contribution in [3.05, 3.63) is 23.2 Å². The Morgan fingerprint density at radius 2 is 1.88 bits per heavy atom. The lowest BCUT2D eigenvalue weighted by Gasteiger charge is -2.40. The molecule has 4 heteroatoms. The van der Waals surface area contributed by atoms with Gasteiger partial charge in [-0.05, 0) is 37.8 Å². The van der Waals surface area contributed by atoms with Crippen LogP contribution in [0.25, 0.3) is 0 Å². The molecule has 0 radical (unpaired) electrons. The first-order valence-electron chi connectivity index (χ1n) is 6.17. The molecule has 1 aromatic carbocycles. The summed E-state index contributed by atoms with van der Waals surface area (Å²) in [6, 6.07) is 6.45. The fourth-order valence-electron chi connectivity index (χ4n) is 3.32. The van der Waals surface area contributed by atoms with Gasteiger partial charge >= 0.3 is 0 Å². The third-order valence-electron chi connectivity index (χ3n) is 3.98. The van der Waals surface area contributed by atoms with E-state index in [4.69, 9.17) is 17.3 Å². The number of aliphatic hydroxyl groups excluding tert-OH is 1. The van der Waals surface area contributed by atoms with E-state index in [2.05, 4.69) is 4.90 Å². The first kappa shape index (κ1) is 11.2. The van der Waals surface area contributed by atoms with Crippen LogP contribution in [0, 0.1) is 0 Å². The van der Waals surface area contributed by atoms with Gasteiger partial charge in [-0.15, -0.1) is 0 Å². The molecule has 0 saturated carbocycles. The molecule has 0 amide bonds. The lowest BCUT2D eigenvalue weighted by molar-refractivity contribution is 0.126. The summed E-state index contributed by atoms with van der Waals surface area (Å²) in [6.45, 7) is 0. The highest BCUT2D eigenvalue weighted by Crippen LogP contribution is 2.44. The number of anilines is 2. The maximum absolute atomic E-state index is 9.80. The molecule has 2 heterocycles. The molecule has 2 aliphatic rings. The van der Waals surface area contributed by atoms with Gasteiger partial charge in [0.05, 0.1) is 22.5 Å². The smallest absolute Gasteiger partial charge is 0.0794 e. The molecule has 92 valence electrons. The largest absolute Gasteiger partial charge is 0.397 e. The van der Waals surface area contributed by atoms with Gasteiger partial charge in [0.25, 0.3) is 0 Å². The van der Waals surface area contributed by atoms with Gasteiger partial charge in [-0.1, -0.05) is 17.7 Å². The summed E-state index contributed by atoms with van der Waals surface area (Å²) < 4.78 is 0. The average Bonchev–Trinajstić information content (AvgIpc) is 2.54. The van der Waals surface area contributed by atoms with Crippen LogP contribution in [0.5, 0.6) is 0 Å². The molecule has 0 aliphatic carbocycles. The van der Waals surface area contributed by atoms with E-state index < -0.39 is 0 Å². The molecule has 3 nitrogen and oxygen atoms in total. The Morgan fingerprint density at radius 3 is 2.47 bits per heavy atom. The van der Waals surface area contributed by atoms with Crippen molar-refractivity contribution in [2.75, 3.05) is 10.6 Å². The number of aliphatic hydroxyl groups is 1. The van der Waals surface area contributed by atoms with E-state index in [1.807, 2.05) is 18.2 Å². The van der Waals surface area contributed by atoms with Crippen molar-refractivity contribution in [3.63, 3.8) is 0 Å². The summed E-state index contributed by atoms with van der Waals surface area (Å²) in [4.78, 5) is 2.34. The molecule has 2 bridgehead atoms. The van der Waals surface area contributed by atoms with Crippen LogP contribution in [0.2, 0.25) is 5.02 Å². The zero-order chi connectivity index (χ0) is 12.0. The quantitative estimate of drug-likeness (QED) is 0.755. The predicted molar refractivity (Wildman–Crippen MR) is 70.4 cm³/mol. The number of piperidine rings is 1. The standard InChI is InChI=1S/C13H17ClN2O/c14-11-2-1-3-12(15)13(11)16-8-4-5-9(16)7-10(17)6-8/h1-3,8-10,17H,4-7,15H2. The van der Waals surface area contributed by atoms with Crippen LogP contribution in [0.15, 0.2) is 18.2 Å². The van der Waals surface area contributed by atoms with Crippen LogP contribution in [-0.2, 0) is 0 Å². The molecule has 2 atom stereocenters. The molecule has 17 heavy (non-hydrogen) atoms. The number of rotatable bonds is 1. The fraction of sp³-hybridized carbons (Fsp3) is 0.538. The molecule has 3 rings (SSSR count). The first-order chi connectivity index (χ1) is 8.16. The maximum atomic E-state index is 9.80. The second-order valence-corrected chi connectivity index (χ2v) is 5.50. The van der Waals surface area contributed by atoms with Gasteiger partial charge in [0, 0.05) is 12.1 Å². The van der Waals surface area contributed by atoms with E-state index in [1.165, 1.54) is 0 Å². The Labute approximate surface area is 106 Å². The van der Waals surface area contributed by atoms with E-state index >= 15 is 0 Å². The number of nitrogens with zero attached hydrogens (tertiary/aromatic N) is 1. The van der Waals surface area contributed by atoms with Crippen molar-refractivity contribution in [1.29, 1.82) is 0 Å². The zero-order valence-electron chi connectivity index (χ0n) is 9.64. The summed E-state index contributed by atoms with van der Waals surface area (Å²) in [5.74, 6) is 0. The van der Waals surface area contributed by atoms with E-state index in [1.54, 1.807) is 0 Å². The Hall–Kier alpha value is -0.930. The third kappa shape index (κ3) is 1.78. The van der Waals surface area contributed by atoms with E-state index in [9.17, 15) is 5.11 Å². The highest BCUT2D eigenvalue weighted by molar-refractivity contribution is 6.34. The van der Waals surface area contributed by atoms with Crippen LogP contribution in [-0.4, -0.2) is 23.3 Å². The summed E-state index contributed by atoms with van der Waals surface area (Å²) in [5.41, 5.74) is 7.76. The molecule has 2 saturated heterocycles. The maximum Gasteiger partial charge on any atom is 0.0794 e. The molecular formula is C13H17ClN2O. The van der Waals surface area contributed by atoms with Gasteiger partial charge in [0.1, 0.15) is 0 Å². The van der Waals surface area contributed by atoms with Crippen molar-refractivity contribution in [1.82, 2.24) is 0 Å². The number of hydrogen-bond acceptors (Lipinski definition) is 3. The predicted octanol–water partition coefficient (Wildman–Crippen LogP) is 2.41. The fourth-order valence-corrected chi connectivity index (χ4v) is 3.60. The molecule has 3 N–H and O–H groups in total. The Morgan fingerprint density at radius 1 is 1.24 bits per heavy atom. The average molecular weight is 253 g/mol. The van der Waals surface area contributed by atoms with E-state index in [-0.39, 0.29) is 6.10 Å².